The van der Waals surface area contributed by atoms with Gasteiger partial charge >= 0.3 is 0 Å². The highest BCUT2D eigenvalue weighted by Gasteiger charge is 2.21. The second-order valence-corrected chi connectivity index (χ2v) is 14.2. The van der Waals surface area contributed by atoms with E-state index in [4.69, 9.17) is 13.1 Å². The van der Waals surface area contributed by atoms with Gasteiger partial charge in [0.2, 0.25) is 0 Å². The van der Waals surface area contributed by atoms with Crippen LogP contribution in [-0.2, 0) is 0 Å². The van der Waals surface area contributed by atoms with Crippen molar-refractivity contribution in [3.63, 3.8) is 0 Å². The summed E-state index contributed by atoms with van der Waals surface area (Å²) in [5.74, 6) is 0. The molecule has 0 amide bonds. The highest BCUT2D eigenvalue weighted by atomic mass is 15.0. The minimum atomic E-state index is 0.406. The zero-order chi connectivity index (χ0) is 39.3. The number of benzene rings is 8. The first-order chi connectivity index (χ1) is 28.6. The molecule has 0 saturated heterocycles. The molecule has 0 unspecified atom stereocenters. The van der Waals surface area contributed by atoms with Crippen molar-refractivity contribution in [2.45, 2.75) is 0 Å². The Morgan fingerprint density at radius 3 is 1.57 bits per heavy atom. The molecule has 0 atom stereocenters. The van der Waals surface area contributed by atoms with Crippen molar-refractivity contribution < 1.29 is 0 Å². The Bertz CT molecular complexity index is 3310. The van der Waals surface area contributed by atoms with Crippen LogP contribution in [0.25, 0.3) is 98.1 Å². The SMILES string of the molecule is [C-]#[N+]c1cc(C#N)cc(-c2ccc3c(c2)c2cc(-c4cc(C#N)cc([N+]#[C-])c4)ccc2n3-c2ccccc2-c2cccc3c2c2ccccc2n3-c2ccccc2)c1. The molecule has 10 rings (SSSR count). The van der Waals surface area contributed by atoms with Gasteiger partial charge in [0, 0.05) is 43.9 Å². The molecule has 0 aliphatic carbocycles. The molecule has 0 spiro atoms. The standard InChI is InChI=1S/C52H28N6/c1-55-39-25-33(31-53)23-37(27-39)35-19-21-49-45(29-35)46-30-36(38-24-34(32-54)26-40(28-38)56-2)20-22-50(46)58(49)47-16-8-6-13-42(47)43-15-10-18-51-52(43)44-14-7-9-17-48(44)57(51)41-11-4-3-5-12-41/h3-30H. The summed E-state index contributed by atoms with van der Waals surface area (Å²) >= 11 is 0. The Hall–Kier alpha value is -8.68. The maximum Gasteiger partial charge on any atom is 0.189 e. The van der Waals surface area contributed by atoms with Crippen LogP contribution < -0.4 is 0 Å². The molecule has 2 aromatic heterocycles. The van der Waals surface area contributed by atoms with Crippen LogP contribution in [0.1, 0.15) is 11.1 Å². The van der Waals surface area contributed by atoms with Gasteiger partial charge in [0.05, 0.1) is 53.0 Å². The predicted octanol–water partition coefficient (Wildman–Crippen LogP) is 13.7. The number of nitriles is 2. The van der Waals surface area contributed by atoms with E-state index in [9.17, 15) is 10.5 Å². The first kappa shape index (κ1) is 33.9. The van der Waals surface area contributed by atoms with Gasteiger partial charge < -0.3 is 9.13 Å². The smallest absolute Gasteiger partial charge is 0.189 e. The van der Waals surface area contributed by atoms with Crippen molar-refractivity contribution in [3.05, 3.63) is 204 Å². The van der Waals surface area contributed by atoms with Crippen molar-refractivity contribution in [1.82, 2.24) is 9.13 Å². The number of fused-ring (bicyclic) bond motifs is 6. The van der Waals surface area contributed by atoms with Gasteiger partial charge in [-0.25, -0.2) is 9.69 Å². The van der Waals surface area contributed by atoms with E-state index in [0.717, 1.165) is 77.6 Å². The van der Waals surface area contributed by atoms with Crippen molar-refractivity contribution in [2.75, 3.05) is 0 Å². The van der Waals surface area contributed by atoms with E-state index in [2.05, 4.69) is 158 Å². The Morgan fingerprint density at radius 1 is 0.414 bits per heavy atom. The molecule has 2 heterocycles. The summed E-state index contributed by atoms with van der Waals surface area (Å²) in [6, 6.07) is 61.6. The summed E-state index contributed by atoms with van der Waals surface area (Å²) in [7, 11) is 0. The lowest BCUT2D eigenvalue weighted by molar-refractivity contribution is 1.18. The fraction of sp³-hybridized carbons (Fsp3) is 0. The van der Waals surface area contributed by atoms with Crippen LogP contribution in [0.3, 0.4) is 0 Å². The van der Waals surface area contributed by atoms with Gasteiger partial charge in [0.25, 0.3) is 0 Å². The molecule has 0 aliphatic heterocycles. The Kier molecular flexibility index (Phi) is 7.92. The van der Waals surface area contributed by atoms with Gasteiger partial charge in [0.15, 0.2) is 11.4 Å². The average molecular weight is 737 g/mol. The van der Waals surface area contributed by atoms with Crippen LogP contribution in [0.15, 0.2) is 170 Å². The first-order valence-electron chi connectivity index (χ1n) is 18.7. The molecule has 0 radical (unpaired) electrons. The lowest BCUT2D eigenvalue weighted by Gasteiger charge is -2.16. The summed E-state index contributed by atoms with van der Waals surface area (Å²) in [5, 5.41) is 23.9. The van der Waals surface area contributed by atoms with Crippen LogP contribution in [-0.4, -0.2) is 9.13 Å². The van der Waals surface area contributed by atoms with Gasteiger partial charge in [0.1, 0.15) is 0 Å². The van der Waals surface area contributed by atoms with E-state index in [1.54, 1.807) is 12.1 Å². The Balaban J connectivity index is 1.26. The molecule has 6 nitrogen and oxygen atoms in total. The molecule has 0 bridgehead atoms. The maximum atomic E-state index is 9.79. The quantitative estimate of drug-likeness (QED) is 0.165. The van der Waals surface area contributed by atoms with Crippen molar-refractivity contribution in [2.24, 2.45) is 0 Å². The molecule has 0 aliphatic rings. The zero-order valence-corrected chi connectivity index (χ0v) is 30.8. The van der Waals surface area contributed by atoms with Gasteiger partial charge in [-0.1, -0.05) is 78.9 Å². The third kappa shape index (κ3) is 5.38. The number of hydrogen-bond acceptors (Lipinski definition) is 2. The van der Waals surface area contributed by atoms with E-state index in [-0.39, 0.29) is 0 Å². The topological polar surface area (TPSA) is 66.2 Å². The fourth-order valence-corrected chi connectivity index (χ4v) is 8.45. The highest BCUT2D eigenvalue weighted by Crippen LogP contribution is 2.44. The van der Waals surface area contributed by atoms with E-state index < -0.39 is 0 Å². The molecular formula is C52H28N6. The Morgan fingerprint density at radius 2 is 0.948 bits per heavy atom. The van der Waals surface area contributed by atoms with E-state index in [0.29, 0.717) is 22.5 Å². The van der Waals surface area contributed by atoms with Crippen molar-refractivity contribution in [1.29, 1.82) is 10.5 Å². The van der Waals surface area contributed by atoms with Crippen molar-refractivity contribution >= 4 is 55.0 Å². The van der Waals surface area contributed by atoms with Gasteiger partial charge in [-0.05, 0) is 119 Å². The third-order valence-corrected chi connectivity index (χ3v) is 10.9. The third-order valence-electron chi connectivity index (χ3n) is 10.9. The molecule has 0 saturated carbocycles. The molecule has 8 aromatic carbocycles. The normalized spacial score (nSPS) is 11.0. The van der Waals surface area contributed by atoms with Gasteiger partial charge in [-0.2, -0.15) is 10.5 Å². The lowest BCUT2D eigenvalue weighted by Crippen LogP contribution is -1.98. The van der Waals surface area contributed by atoms with E-state index in [1.165, 1.54) is 10.8 Å². The van der Waals surface area contributed by atoms with Crippen molar-refractivity contribution in [3.8, 4) is 56.9 Å². The molecule has 6 heteroatoms. The second-order valence-electron chi connectivity index (χ2n) is 14.2. The summed E-state index contributed by atoms with van der Waals surface area (Å²) in [6.07, 6.45) is 0. The van der Waals surface area contributed by atoms with Crippen LogP contribution in [0.5, 0.6) is 0 Å². The second kappa shape index (κ2) is 13.6. The minimum Gasteiger partial charge on any atom is -0.309 e. The maximum absolute atomic E-state index is 9.79. The van der Waals surface area contributed by atoms with Crippen LogP contribution >= 0.6 is 0 Å². The predicted molar refractivity (Wildman–Crippen MR) is 233 cm³/mol. The summed E-state index contributed by atoms with van der Waals surface area (Å²) in [4.78, 5) is 7.28. The first-order valence-corrected chi connectivity index (χ1v) is 18.7. The number of rotatable bonds is 5. The highest BCUT2D eigenvalue weighted by molar-refractivity contribution is 6.17. The molecule has 266 valence electrons. The van der Waals surface area contributed by atoms with E-state index in [1.807, 2.05) is 30.3 Å². The summed E-state index contributed by atoms with van der Waals surface area (Å²) < 4.78 is 4.65. The zero-order valence-electron chi connectivity index (χ0n) is 30.8. The molecule has 10 aromatic rings. The number of para-hydroxylation sites is 3. The minimum absolute atomic E-state index is 0.406. The lowest BCUT2D eigenvalue weighted by atomic mass is 9.97. The number of nitrogens with zero attached hydrogens (tertiary/aromatic N) is 6. The molecule has 0 N–H and O–H groups in total. The van der Waals surface area contributed by atoms with E-state index >= 15 is 0 Å². The summed E-state index contributed by atoms with van der Waals surface area (Å²) in [6.45, 7) is 15.4. The summed E-state index contributed by atoms with van der Waals surface area (Å²) in [5.41, 5.74) is 13.5. The average Bonchev–Trinajstić information content (AvgIpc) is 3.81. The fourth-order valence-electron chi connectivity index (χ4n) is 8.45. The molecule has 58 heavy (non-hydrogen) atoms. The van der Waals surface area contributed by atoms with Crippen LogP contribution in [0, 0.1) is 35.8 Å². The molecule has 0 fully saturated rings. The van der Waals surface area contributed by atoms with Gasteiger partial charge in [-0.15, -0.1) is 0 Å². The molecular weight excluding hydrogens is 709 g/mol. The van der Waals surface area contributed by atoms with Crippen LogP contribution in [0.4, 0.5) is 11.4 Å². The number of hydrogen-bond donors (Lipinski definition) is 0. The number of aromatic nitrogens is 2. The van der Waals surface area contributed by atoms with Crippen LogP contribution in [0.2, 0.25) is 0 Å². The monoisotopic (exact) mass is 736 g/mol. The largest absolute Gasteiger partial charge is 0.309 e. The Labute approximate surface area is 334 Å². The van der Waals surface area contributed by atoms with Gasteiger partial charge in [-0.3, -0.25) is 0 Å².